The molecule has 3 aromatic rings. The van der Waals surface area contributed by atoms with Crippen molar-refractivity contribution in [2.75, 3.05) is 7.11 Å². The zero-order chi connectivity index (χ0) is 18.5. The Morgan fingerprint density at radius 3 is 2.69 bits per heavy atom. The van der Waals surface area contributed by atoms with Crippen molar-refractivity contribution in [3.05, 3.63) is 70.0 Å². The molecule has 7 heteroatoms. The van der Waals surface area contributed by atoms with E-state index in [0.717, 1.165) is 15.8 Å². The number of benzene rings is 2. The minimum absolute atomic E-state index is 0.0130. The average molecular weight is 387 g/mol. The molecule has 0 aliphatic carbocycles. The van der Waals surface area contributed by atoms with Gasteiger partial charge in [0, 0.05) is 11.1 Å². The standard InChI is InChI=1S/C19H15ClN2O3S/c1-25-18(24)12-22-15-8-4-5-9-16(15)26-19(22)21-17(23)11-10-13-6-2-3-7-14(13)20/h2-11H,12H2,1H3/b11-10+,21-19?. The van der Waals surface area contributed by atoms with Crippen molar-refractivity contribution in [1.82, 2.24) is 4.57 Å². The van der Waals surface area contributed by atoms with Crippen LogP contribution in [0, 0.1) is 0 Å². The third kappa shape index (κ3) is 4.09. The molecule has 0 N–H and O–H groups in total. The van der Waals surface area contributed by atoms with E-state index in [1.807, 2.05) is 42.5 Å². The third-order valence-corrected chi connectivity index (χ3v) is 5.02. The Hall–Kier alpha value is -2.70. The van der Waals surface area contributed by atoms with E-state index in [0.29, 0.717) is 9.82 Å². The summed E-state index contributed by atoms with van der Waals surface area (Å²) in [7, 11) is 1.33. The molecule has 0 aliphatic heterocycles. The molecule has 0 radical (unpaired) electrons. The number of carbonyl (C=O) groups is 2. The summed E-state index contributed by atoms with van der Waals surface area (Å²) in [6.45, 7) is -0.0130. The first kappa shape index (κ1) is 18.1. The zero-order valence-electron chi connectivity index (χ0n) is 13.9. The molecule has 132 valence electrons. The van der Waals surface area contributed by atoms with Crippen LogP contribution in [-0.2, 0) is 20.9 Å². The molecule has 26 heavy (non-hydrogen) atoms. The fraction of sp³-hybridized carbons (Fsp3) is 0.105. The number of aromatic nitrogens is 1. The van der Waals surface area contributed by atoms with Crippen molar-refractivity contribution >= 4 is 51.1 Å². The number of para-hydroxylation sites is 1. The molecule has 0 spiro atoms. The van der Waals surface area contributed by atoms with E-state index in [2.05, 4.69) is 4.99 Å². The molecule has 0 fully saturated rings. The van der Waals surface area contributed by atoms with Crippen LogP contribution in [-0.4, -0.2) is 23.6 Å². The van der Waals surface area contributed by atoms with Crippen molar-refractivity contribution in [1.29, 1.82) is 0 Å². The Bertz CT molecular complexity index is 1070. The Balaban J connectivity index is 1.98. The number of methoxy groups -OCH3 is 1. The lowest BCUT2D eigenvalue weighted by Gasteiger charge is -2.02. The van der Waals surface area contributed by atoms with E-state index in [1.165, 1.54) is 24.5 Å². The van der Waals surface area contributed by atoms with E-state index >= 15 is 0 Å². The van der Waals surface area contributed by atoms with Gasteiger partial charge >= 0.3 is 5.97 Å². The third-order valence-electron chi connectivity index (χ3n) is 3.62. The topological polar surface area (TPSA) is 60.7 Å². The maximum Gasteiger partial charge on any atom is 0.325 e. The summed E-state index contributed by atoms with van der Waals surface area (Å²) in [6.07, 6.45) is 2.97. The fourth-order valence-corrected chi connectivity index (χ4v) is 3.59. The summed E-state index contributed by atoms with van der Waals surface area (Å²) in [5.74, 6) is -0.843. The van der Waals surface area contributed by atoms with Crippen LogP contribution in [0.25, 0.3) is 16.3 Å². The SMILES string of the molecule is COC(=O)Cn1c(=NC(=O)/C=C/c2ccccc2Cl)sc2ccccc21. The van der Waals surface area contributed by atoms with Gasteiger partial charge in [-0.15, -0.1) is 0 Å². The number of ether oxygens (including phenoxy) is 1. The first-order chi connectivity index (χ1) is 12.6. The Kier molecular flexibility index (Phi) is 5.65. The maximum absolute atomic E-state index is 12.3. The van der Waals surface area contributed by atoms with Crippen LogP contribution in [0.15, 0.2) is 59.6 Å². The minimum Gasteiger partial charge on any atom is -0.468 e. The zero-order valence-corrected chi connectivity index (χ0v) is 15.5. The molecule has 1 amide bonds. The Morgan fingerprint density at radius 1 is 1.19 bits per heavy atom. The van der Waals surface area contributed by atoms with Gasteiger partial charge < -0.3 is 9.30 Å². The van der Waals surface area contributed by atoms with Gasteiger partial charge in [0.2, 0.25) is 0 Å². The molecular weight excluding hydrogens is 372 g/mol. The lowest BCUT2D eigenvalue weighted by Crippen LogP contribution is -2.22. The van der Waals surface area contributed by atoms with Gasteiger partial charge in [-0.2, -0.15) is 4.99 Å². The summed E-state index contributed by atoms with van der Waals surface area (Å²) >= 11 is 7.41. The van der Waals surface area contributed by atoms with Crippen molar-refractivity contribution in [3.8, 4) is 0 Å². The molecule has 1 aromatic heterocycles. The van der Waals surface area contributed by atoms with Crippen LogP contribution in [0.1, 0.15) is 5.56 Å². The molecule has 0 atom stereocenters. The second-order valence-corrected chi connectivity index (χ2v) is 6.74. The summed E-state index contributed by atoms with van der Waals surface area (Å²) in [5, 5.41) is 0.555. The largest absolute Gasteiger partial charge is 0.468 e. The molecule has 3 rings (SSSR count). The molecule has 2 aromatic carbocycles. The normalized spacial score (nSPS) is 12.0. The van der Waals surface area contributed by atoms with Crippen molar-refractivity contribution in [2.45, 2.75) is 6.54 Å². The van der Waals surface area contributed by atoms with Gasteiger partial charge in [0.25, 0.3) is 5.91 Å². The number of thiazole rings is 1. The number of nitrogens with zero attached hydrogens (tertiary/aromatic N) is 2. The molecule has 0 unspecified atom stereocenters. The Morgan fingerprint density at radius 2 is 1.92 bits per heavy atom. The van der Waals surface area contributed by atoms with Gasteiger partial charge in [0.1, 0.15) is 6.54 Å². The highest BCUT2D eigenvalue weighted by Crippen LogP contribution is 2.17. The number of halogens is 1. The van der Waals surface area contributed by atoms with Crippen LogP contribution >= 0.6 is 22.9 Å². The predicted octanol–water partition coefficient (Wildman–Crippen LogP) is 3.67. The van der Waals surface area contributed by atoms with Crippen molar-refractivity contribution in [3.63, 3.8) is 0 Å². The van der Waals surface area contributed by atoms with Gasteiger partial charge in [-0.3, -0.25) is 9.59 Å². The van der Waals surface area contributed by atoms with E-state index in [9.17, 15) is 9.59 Å². The highest BCUT2D eigenvalue weighted by Gasteiger charge is 2.10. The van der Waals surface area contributed by atoms with Crippen LogP contribution in [0.4, 0.5) is 0 Å². The fourth-order valence-electron chi connectivity index (χ4n) is 2.36. The number of amides is 1. The van der Waals surface area contributed by atoms with Crippen molar-refractivity contribution < 1.29 is 14.3 Å². The smallest absolute Gasteiger partial charge is 0.325 e. The predicted molar refractivity (Wildman–Crippen MR) is 103 cm³/mol. The summed E-state index contributed by atoms with van der Waals surface area (Å²) in [4.78, 5) is 28.5. The lowest BCUT2D eigenvalue weighted by molar-refractivity contribution is -0.141. The van der Waals surface area contributed by atoms with Crippen LogP contribution in [0.3, 0.4) is 0 Å². The van der Waals surface area contributed by atoms with E-state index < -0.39 is 11.9 Å². The van der Waals surface area contributed by atoms with Crippen LogP contribution in [0.2, 0.25) is 5.02 Å². The van der Waals surface area contributed by atoms with E-state index in [4.69, 9.17) is 16.3 Å². The minimum atomic E-state index is -0.435. The molecule has 5 nitrogen and oxygen atoms in total. The number of hydrogen-bond donors (Lipinski definition) is 0. The molecule has 1 heterocycles. The first-order valence-corrected chi connectivity index (χ1v) is 8.94. The highest BCUT2D eigenvalue weighted by atomic mass is 35.5. The maximum atomic E-state index is 12.3. The molecule has 0 saturated carbocycles. The van der Waals surface area contributed by atoms with Gasteiger partial charge in [-0.1, -0.05) is 53.3 Å². The van der Waals surface area contributed by atoms with Crippen molar-refractivity contribution in [2.24, 2.45) is 4.99 Å². The lowest BCUT2D eigenvalue weighted by atomic mass is 10.2. The second kappa shape index (κ2) is 8.12. The van der Waals surface area contributed by atoms with Gasteiger partial charge in [-0.25, -0.2) is 0 Å². The molecule has 0 saturated heterocycles. The average Bonchev–Trinajstić information content (AvgIpc) is 2.98. The number of carbonyl (C=O) groups excluding carboxylic acids is 2. The van der Waals surface area contributed by atoms with Crippen LogP contribution in [0.5, 0.6) is 0 Å². The van der Waals surface area contributed by atoms with Gasteiger partial charge in [0.15, 0.2) is 4.80 Å². The van der Waals surface area contributed by atoms with E-state index in [-0.39, 0.29) is 6.54 Å². The second-order valence-electron chi connectivity index (χ2n) is 5.32. The van der Waals surface area contributed by atoms with Gasteiger partial charge in [0.05, 0.1) is 17.3 Å². The summed E-state index contributed by atoms with van der Waals surface area (Å²) in [5.41, 5.74) is 1.56. The quantitative estimate of drug-likeness (QED) is 0.507. The number of fused-ring (bicyclic) bond motifs is 1. The molecule has 0 aliphatic rings. The molecular formula is C19H15ClN2O3S. The monoisotopic (exact) mass is 386 g/mol. The Labute approximate surface area is 158 Å². The number of rotatable bonds is 4. The first-order valence-electron chi connectivity index (χ1n) is 7.75. The molecule has 0 bridgehead atoms. The number of hydrogen-bond acceptors (Lipinski definition) is 4. The highest BCUT2D eigenvalue weighted by molar-refractivity contribution is 7.16. The number of esters is 1. The summed E-state index contributed by atoms with van der Waals surface area (Å²) < 4.78 is 7.34. The van der Waals surface area contributed by atoms with Crippen LogP contribution < -0.4 is 4.80 Å². The van der Waals surface area contributed by atoms with E-state index in [1.54, 1.807) is 16.7 Å². The van der Waals surface area contributed by atoms with Gasteiger partial charge in [-0.05, 0) is 29.8 Å². The summed E-state index contributed by atoms with van der Waals surface area (Å²) in [6, 6.07) is 14.8.